The number of benzene rings is 1. The van der Waals surface area contributed by atoms with Gasteiger partial charge in [0.1, 0.15) is 0 Å². The van der Waals surface area contributed by atoms with Gasteiger partial charge in [0, 0.05) is 10.6 Å². The molecule has 1 aromatic rings. The summed E-state index contributed by atoms with van der Waals surface area (Å²) >= 11 is 17.9. The molecule has 0 amide bonds. The Hall–Kier alpha value is 0.630. The lowest BCUT2D eigenvalue weighted by Gasteiger charge is -2.14. The summed E-state index contributed by atoms with van der Waals surface area (Å²) in [6, 6.07) is 5.87. The van der Waals surface area contributed by atoms with E-state index in [-0.39, 0.29) is 0 Å². The maximum absolute atomic E-state index is 6.17. The van der Waals surface area contributed by atoms with Crippen LogP contribution in [-0.4, -0.2) is 16.3 Å². The van der Waals surface area contributed by atoms with Crippen molar-refractivity contribution in [3.63, 3.8) is 0 Å². The predicted molar refractivity (Wildman–Crippen MR) is 73.7 cm³/mol. The maximum Gasteiger partial charge on any atom is 0.0624 e. The molecule has 0 spiro atoms. The highest BCUT2D eigenvalue weighted by Crippen LogP contribution is 2.35. The van der Waals surface area contributed by atoms with Crippen molar-refractivity contribution in [2.45, 2.75) is 11.2 Å². The fourth-order valence-electron chi connectivity index (χ4n) is 1.75. The van der Waals surface area contributed by atoms with Gasteiger partial charge in [0.05, 0.1) is 10.0 Å². The van der Waals surface area contributed by atoms with E-state index in [9.17, 15) is 0 Å². The summed E-state index contributed by atoms with van der Waals surface area (Å²) in [5, 5.41) is 1.38. The van der Waals surface area contributed by atoms with E-state index in [0.29, 0.717) is 15.8 Å². The standard InChI is InChI=1S/C11H11BrCl2S/c12-9-6-15-5-8(9)4-7-2-1-3-10(13)11(7)14/h1-3,8-9H,4-6H2. The Morgan fingerprint density at radius 3 is 2.80 bits per heavy atom. The maximum atomic E-state index is 6.17. The van der Waals surface area contributed by atoms with Crippen LogP contribution in [0.5, 0.6) is 0 Å². The van der Waals surface area contributed by atoms with Crippen LogP contribution in [0.4, 0.5) is 0 Å². The zero-order chi connectivity index (χ0) is 10.8. The van der Waals surface area contributed by atoms with Crippen LogP contribution in [0.25, 0.3) is 0 Å². The Kier molecular flexibility index (Phi) is 4.28. The molecule has 1 aliphatic rings. The Morgan fingerprint density at radius 2 is 2.13 bits per heavy atom. The molecule has 2 rings (SSSR count). The third-order valence-electron chi connectivity index (χ3n) is 2.63. The molecule has 0 saturated carbocycles. The van der Waals surface area contributed by atoms with Crippen molar-refractivity contribution >= 4 is 50.9 Å². The molecule has 0 nitrogen and oxygen atoms in total. The zero-order valence-electron chi connectivity index (χ0n) is 8.05. The second-order valence-corrected chi connectivity index (χ2v) is 6.77. The van der Waals surface area contributed by atoms with E-state index in [1.165, 1.54) is 17.1 Å². The van der Waals surface area contributed by atoms with Gasteiger partial charge in [-0.1, -0.05) is 51.3 Å². The molecule has 1 aliphatic heterocycles. The van der Waals surface area contributed by atoms with E-state index in [1.807, 2.05) is 23.9 Å². The lowest BCUT2D eigenvalue weighted by molar-refractivity contribution is 0.616. The first-order valence-corrected chi connectivity index (χ1v) is 7.66. The monoisotopic (exact) mass is 324 g/mol. The third kappa shape index (κ3) is 2.85. The van der Waals surface area contributed by atoms with E-state index in [2.05, 4.69) is 22.0 Å². The van der Waals surface area contributed by atoms with Crippen LogP contribution >= 0.6 is 50.9 Å². The molecule has 0 N–H and O–H groups in total. The van der Waals surface area contributed by atoms with Gasteiger partial charge < -0.3 is 0 Å². The highest BCUT2D eigenvalue weighted by molar-refractivity contribution is 9.09. The minimum absolute atomic E-state index is 0.609. The van der Waals surface area contributed by atoms with Crippen molar-refractivity contribution in [1.82, 2.24) is 0 Å². The van der Waals surface area contributed by atoms with Crippen molar-refractivity contribution in [1.29, 1.82) is 0 Å². The average molecular weight is 326 g/mol. The van der Waals surface area contributed by atoms with Gasteiger partial charge in [0.25, 0.3) is 0 Å². The van der Waals surface area contributed by atoms with Crippen LogP contribution in [0.2, 0.25) is 10.0 Å². The van der Waals surface area contributed by atoms with Crippen LogP contribution in [0.3, 0.4) is 0 Å². The lowest BCUT2D eigenvalue weighted by atomic mass is 9.99. The van der Waals surface area contributed by atoms with Gasteiger partial charge in [-0.05, 0) is 29.7 Å². The quantitative estimate of drug-likeness (QED) is 0.712. The summed E-state index contributed by atoms with van der Waals surface area (Å²) < 4.78 is 0. The summed E-state index contributed by atoms with van der Waals surface area (Å²) in [6.07, 6.45) is 1.02. The normalized spacial score (nSPS) is 25.8. The summed E-state index contributed by atoms with van der Waals surface area (Å²) in [7, 11) is 0. The molecule has 2 unspecified atom stereocenters. The summed E-state index contributed by atoms with van der Waals surface area (Å²) in [4.78, 5) is 0.609. The summed E-state index contributed by atoms with van der Waals surface area (Å²) in [5.74, 6) is 3.08. The van der Waals surface area contributed by atoms with Crippen molar-refractivity contribution in [2.24, 2.45) is 5.92 Å². The van der Waals surface area contributed by atoms with Crippen molar-refractivity contribution < 1.29 is 0 Å². The Morgan fingerprint density at radius 1 is 1.33 bits per heavy atom. The van der Waals surface area contributed by atoms with E-state index < -0.39 is 0 Å². The highest BCUT2D eigenvalue weighted by atomic mass is 79.9. The van der Waals surface area contributed by atoms with Gasteiger partial charge in [-0.3, -0.25) is 0 Å². The average Bonchev–Trinajstić information content (AvgIpc) is 2.60. The van der Waals surface area contributed by atoms with Crippen molar-refractivity contribution in [3.05, 3.63) is 33.8 Å². The smallest absolute Gasteiger partial charge is 0.0624 e. The molecule has 0 radical (unpaired) electrons. The molecule has 1 saturated heterocycles. The van der Waals surface area contributed by atoms with Crippen LogP contribution in [0.15, 0.2) is 18.2 Å². The molecular formula is C11H11BrCl2S. The van der Waals surface area contributed by atoms with Crippen molar-refractivity contribution in [2.75, 3.05) is 11.5 Å². The van der Waals surface area contributed by atoms with Crippen LogP contribution in [0.1, 0.15) is 5.56 Å². The van der Waals surface area contributed by atoms with Crippen molar-refractivity contribution in [3.8, 4) is 0 Å². The molecule has 82 valence electrons. The topological polar surface area (TPSA) is 0 Å². The van der Waals surface area contributed by atoms with E-state index in [1.54, 1.807) is 0 Å². The molecule has 15 heavy (non-hydrogen) atoms. The first-order chi connectivity index (χ1) is 7.18. The van der Waals surface area contributed by atoms with E-state index in [4.69, 9.17) is 23.2 Å². The number of rotatable bonds is 2. The molecule has 4 heteroatoms. The largest absolute Gasteiger partial charge is 0.160 e. The first-order valence-electron chi connectivity index (χ1n) is 4.83. The number of halogens is 3. The summed E-state index contributed by atoms with van der Waals surface area (Å²) in [5.41, 5.74) is 1.17. The molecule has 1 heterocycles. The fourth-order valence-corrected chi connectivity index (χ4v) is 4.61. The Bertz CT molecular complexity index is 356. The van der Waals surface area contributed by atoms with Gasteiger partial charge in [-0.15, -0.1) is 0 Å². The third-order valence-corrected chi connectivity index (χ3v) is 6.25. The molecular weight excluding hydrogens is 315 g/mol. The van der Waals surface area contributed by atoms with Gasteiger partial charge >= 0.3 is 0 Å². The zero-order valence-corrected chi connectivity index (χ0v) is 12.0. The molecule has 1 fully saturated rings. The number of hydrogen-bond donors (Lipinski definition) is 0. The van der Waals surface area contributed by atoms with Gasteiger partial charge in [0.15, 0.2) is 0 Å². The molecule has 1 aromatic carbocycles. The molecule has 0 aromatic heterocycles. The molecule has 0 bridgehead atoms. The Balaban J connectivity index is 2.13. The lowest BCUT2D eigenvalue weighted by Crippen LogP contribution is -2.14. The van der Waals surface area contributed by atoms with Gasteiger partial charge in [-0.25, -0.2) is 0 Å². The van der Waals surface area contributed by atoms with E-state index >= 15 is 0 Å². The first kappa shape index (κ1) is 12.1. The second-order valence-electron chi connectivity index (χ2n) is 3.73. The van der Waals surface area contributed by atoms with Crippen LogP contribution < -0.4 is 0 Å². The van der Waals surface area contributed by atoms with Crippen LogP contribution in [-0.2, 0) is 6.42 Å². The number of hydrogen-bond acceptors (Lipinski definition) is 1. The minimum atomic E-state index is 0.609. The fraction of sp³-hybridized carbons (Fsp3) is 0.455. The van der Waals surface area contributed by atoms with Gasteiger partial charge in [0.2, 0.25) is 0 Å². The van der Waals surface area contributed by atoms with Gasteiger partial charge in [-0.2, -0.15) is 11.8 Å². The second kappa shape index (κ2) is 5.31. The SMILES string of the molecule is Clc1cccc(CC2CSCC2Br)c1Cl. The highest BCUT2D eigenvalue weighted by Gasteiger charge is 2.26. The van der Waals surface area contributed by atoms with E-state index in [0.717, 1.165) is 11.4 Å². The van der Waals surface area contributed by atoms with Crippen LogP contribution in [0, 0.1) is 5.92 Å². The Labute approximate surface area is 113 Å². The molecule has 0 aliphatic carbocycles. The molecule has 2 atom stereocenters. The predicted octanol–water partition coefficient (Wildman–Crippen LogP) is 4.66. The number of alkyl halides is 1. The minimum Gasteiger partial charge on any atom is -0.160 e. The summed E-state index contributed by atoms with van der Waals surface area (Å²) in [6.45, 7) is 0. The number of thioether (sulfide) groups is 1.